The highest BCUT2D eigenvalue weighted by atomic mass is 16.5. The Balaban J connectivity index is 1.74. The summed E-state index contributed by atoms with van der Waals surface area (Å²) in [4.78, 5) is 13.9. The molecule has 2 aliphatic heterocycles. The minimum Gasteiger partial charge on any atom is -0.481 e. The summed E-state index contributed by atoms with van der Waals surface area (Å²) in [5.74, 6) is -0.701. The number of carboxylic acids is 1. The summed E-state index contributed by atoms with van der Waals surface area (Å²) < 4.78 is 5.61. The fourth-order valence-corrected chi connectivity index (χ4v) is 3.31. The van der Waals surface area contributed by atoms with Gasteiger partial charge in [-0.1, -0.05) is 30.3 Å². The van der Waals surface area contributed by atoms with Crippen LogP contribution in [0.25, 0.3) is 0 Å². The molecule has 4 nitrogen and oxygen atoms in total. The molecule has 2 atom stereocenters. The van der Waals surface area contributed by atoms with Gasteiger partial charge in [0, 0.05) is 26.2 Å². The van der Waals surface area contributed by atoms with Gasteiger partial charge in [-0.25, -0.2) is 0 Å². The zero-order chi connectivity index (χ0) is 13.3. The molecule has 0 spiro atoms. The second-order valence-electron chi connectivity index (χ2n) is 5.56. The van der Waals surface area contributed by atoms with Gasteiger partial charge in [-0.05, 0) is 18.4 Å². The molecule has 3 rings (SSSR count). The molecule has 2 aliphatic rings. The molecule has 0 bridgehead atoms. The number of piperidine rings is 1. The predicted molar refractivity (Wildman–Crippen MR) is 70.8 cm³/mol. The molecule has 2 fully saturated rings. The lowest BCUT2D eigenvalue weighted by molar-refractivity contribution is -0.157. The Morgan fingerprint density at radius 3 is 2.95 bits per heavy atom. The minimum atomic E-state index is -0.701. The first-order valence-electron chi connectivity index (χ1n) is 6.82. The van der Waals surface area contributed by atoms with Gasteiger partial charge < -0.3 is 9.84 Å². The van der Waals surface area contributed by atoms with E-state index in [0.717, 1.165) is 19.5 Å². The lowest BCUT2D eigenvalue weighted by atomic mass is 9.76. The van der Waals surface area contributed by atoms with Gasteiger partial charge in [0.1, 0.15) is 5.41 Å². The fourth-order valence-electron chi connectivity index (χ4n) is 3.31. The molecule has 1 aromatic rings. The quantitative estimate of drug-likeness (QED) is 0.900. The summed E-state index contributed by atoms with van der Waals surface area (Å²) in [6.45, 7) is 2.91. The maximum atomic E-state index is 11.6. The van der Waals surface area contributed by atoms with Crippen molar-refractivity contribution in [2.45, 2.75) is 25.5 Å². The molecule has 19 heavy (non-hydrogen) atoms. The molecule has 1 N–H and O–H groups in total. The topological polar surface area (TPSA) is 49.8 Å². The number of nitrogens with zero attached hydrogens (tertiary/aromatic N) is 1. The van der Waals surface area contributed by atoms with Crippen LogP contribution in [0.15, 0.2) is 30.3 Å². The Morgan fingerprint density at radius 2 is 2.21 bits per heavy atom. The Bertz CT molecular complexity index is 462. The van der Waals surface area contributed by atoms with Gasteiger partial charge in [-0.2, -0.15) is 0 Å². The Morgan fingerprint density at radius 1 is 1.42 bits per heavy atom. The van der Waals surface area contributed by atoms with Crippen LogP contribution in [0.1, 0.15) is 18.4 Å². The van der Waals surface area contributed by atoms with Crippen LogP contribution in [0.3, 0.4) is 0 Å². The maximum absolute atomic E-state index is 11.6. The Labute approximate surface area is 113 Å². The van der Waals surface area contributed by atoms with Crippen molar-refractivity contribution in [3.8, 4) is 0 Å². The number of rotatable bonds is 3. The normalized spacial score (nSPS) is 31.1. The molecular weight excluding hydrogens is 242 g/mol. The second kappa shape index (κ2) is 4.94. The van der Waals surface area contributed by atoms with Gasteiger partial charge in [-0.15, -0.1) is 0 Å². The minimum absolute atomic E-state index is 0.1000. The largest absolute Gasteiger partial charge is 0.481 e. The molecule has 0 amide bonds. The number of hydrogen-bond acceptors (Lipinski definition) is 3. The van der Waals surface area contributed by atoms with E-state index in [9.17, 15) is 9.90 Å². The number of ether oxygens (including phenoxy) is 1. The second-order valence-corrected chi connectivity index (χ2v) is 5.56. The number of benzene rings is 1. The van der Waals surface area contributed by atoms with Crippen molar-refractivity contribution >= 4 is 5.97 Å². The van der Waals surface area contributed by atoms with Crippen molar-refractivity contribution in [1.29, 1.82) is 0 Å². The van der Waals surface area contributed by atoms with Gasteiger partial charge in [0.2, 0.25) is 0 Å². The molecule has 0 unspecified atom stereocenters. The van der Waals surface area contributed by atoms with E-state index < -0.39 is 11.4 Å². The van der Waals surface area contributed by atoms with Gasteiger partial charge >= 0.3 is 5.97 Å². The lowest BCUT2D eigenvalue weighted by Gasteiger charge is -2.40. The van der Waals surface area contributed by atoms with Gasteiger partial charge in [0.05, 0.1) is 6.10 Å². The first-order chi connectivity index (χ1) is 9.21. The van der Waals surface area contributed by atoms with Crippen molar-refractivity contribution in [2.75, 3.05) is 19.7 Å². The summed E-state index contributed by atoms with van der Waals surface area (Å²) >= 11 is 0. The van der Waals surface area contributed by atoms with Crippen LogP contribution in [0.4, 0.5) is 0 Å². The first kappa shape index (κ1) is 12.6. The van der Waals surface area contributed by atoms with Crippen molar-refractivity contribution in [3.05, 3.63) is 35.9 Å². The first-order valence-corrected chi connectivity index (χ1v) is 6.82. The van der Waals surface area contributed by atoms with Gasteiger partial charge in [-0.3, -0.25) is 9.69 Å². The number of aliphatic carboxylic acids is 1. The summed E-state index contributed by atoms with van der Waals surface area (Å²) in [6, 6.07) is 10.2. The molecule has 0 aliphatic carbocycles. The average molecular weight is 261 g/mol. The van der Waals surface area contributed by atoms with E-state index in [2.05, 4.69) is 17.0 Å². The summed E-state index contributed by atoms with van der Waals surface area (Å²) in [5.41, 5.74) is 0.549. The van der Waals surface area contributed by atoms with Crippen LogP contribution in [-0.2, 0) is 16.1 Å². The van der Waals surface area contributed by atoms with E-state index in [1.807, 2.05) is 18.2 Å². The summed E-state index contributed by atoms with van der Waals surface area (Å²) in [5, 5.41) is 9.58. The summed E-state index contributed by atoms with van der Waals surface area (Å²) in [7, 11) is 0. The van der Waals surface area contributed by atoms with Gasteiger partial charge in [0.15, 0.2) is 0 Å². The SMILES string of the molecule is O=C(O)[C@]12CCO[C@H]1CCN(Cc1ccccc1)C2. The number of carbonyl (C=O) groups is 1. The molecule has 0 radical (unpaired) electrons. The molecule has 2 heterocycles. The van der Waals surface area contributed by atoms with Crippen LogP contribution >= 0.6 is 0 Å². The number of carboxylic acid groups (broad SMARTS) is 1. The molecule has 0 saturated carbocycles. The Hall–Kier alpha value is -1.39. The highest BCUT2D eigenvalue weighted by Gasteiger charge is 2.53. The number of hydrogen-bond donors (Lipinski definition) is 1. The van der Waals surface area contributed by atoms with E-state index in [1.165, 1.54) is 5.56 Å². The van der Waals surface area contributed by atoms with Crippen LogP contribution < -0.4 is 0 Å². The monoisotopic (exact) mass is 261 g/mol. The molecule has 1 aromatic carbocycles. The van der Waals surface area contributed by atoms with Crippen LogP contribution in [-0.4, -0.2) is 41.8 Å². The highest BCUT2D eigenvalue weighted by Crippen LogP contribution is 2.41. The standard InChI is InChI=1S/C15H19NO3/c17-14(18)15-7-9-19-13(15)6-8-16(11-15)10-12-4-2-1-3-5-12/h1-5,13H,6-11H2,(H,17,18)/t13-,15-/m0/s1. The lowest BCUT2D eigenvalue weighted by Crippen LogP contribution is -2.53. The third-order valence-electron chi connectivity index (χ3n) is 4.37. The van der Waals surface area contributed by atoms with E-state index in [1.54, 1.807) is 0 Å². The van der Waals surface area contributed by atoms with E-state index in [-0.39, 0.29) is 6.10 Å². The van der Waals surface area contributed by atoms with Crippen LogP contribution in [0.5, 0.6) is 0 Å². The maximum Gasteiger partial charge on any atom is 0.313 e. The molecular formula is C15H19NO3. The van der Waals surface area contributed by atoms with Crippen molar-refractivity contribution in [2.24, 2.45) is 5.41 Å². The number of fused-ring (bicyclic) bond motifs is 1. The van der Waals surface area contributed by atoms with E-state index >= 15 is 0 Å². The fraction of sp³-hybridized carbons (Fsp3) is 0.533. The molecule has 102 valence electrons. The smallest absolute Gasteiger partial charge is 0.313 e. The van der Waals surface area contributed by atoms with Crippen molar-refractivity contribution in [1.82, 2.24) is 4.90 Å². The van der Waals surface area contributed by atoms with Crippen molar-refractivity contribution in [3.63, 3.8) is 0 Å². The van der Waals surface area contributed by atoms with E-state index in [0.29, 0.717) is 19.6 Å². The highest BCUT2D eigenvalue weighted by molar-refractivity contribution is 5.76. The number of likely N-dealkylation sites (tertiary alicyclic amines) is 1. The van der Waals surface area contributed by atoms with Crippen LogP contribution in [0, 0.1) is 5.41 Å². The zero-order valence-electron chi connectivity index (χ0n) is 10.9. The third-order valence-corrected chi connectivity index (χ3v) is 4.37. The molecule has 2 saturated heterocycles. The third kappa shape index (κ3) is 2.26. The molecule has 0 aromatic heterocycles. The van der Waals surface area contributed by atoms with E-state index in [4.69, 9.17) is 4.74 Å². The van der Waals surface area contributed by atoms with Crippen LogP contribution in [0.2, 0.25) is 0 Å². The Kier molecular flexibility index (Phi) is 3.29. The predicted octanol–water partition coefficient (Wildman–Crippen LogP) is 1.75. The average Bonchev–Trinajstić information content (AvgIpc) is 2.84. The van der Waals surface area contributed by atoms with Gasteiger partial charge in [0.25, 0.3) is 0 Å². The zero-order valence-corrected chi connectivity index (χ0v) is 10.9. The van der Waals surface area contributed by atoms with Crippen molar-refractivity contribution < 1.29 is 14.6 Å². The molecule has 4 heteroatoms. The summed E-state index contributed by atoms with van der Waals surface area (Å²) in [6.07, 6.45) is 1.36.